The molecule has 2 aromatic carbocycles. The van der Waals surface area contributed by atoms with E-state index in [0.29, 0.717) is 12.1 Å². The summed E-state index contributed by atoms with van der Waals surface area (Å²) in [5.74, 6) is 0.845. The Hall–Kier alpha value is -2.33. The molecule has 0 aliphatic rings. The van der Waals surface area contributed by atoms with E-state index in [2.05, 4.69) is 17.4 Å². The Kier molecular flexibility index (Phi) is 7.02. The molecule has 134 valence electrons. The number of hydrogen-bond donors (Lipinski definition) is 2. The number of hydrogen-bond acceptors (Lipinski definition) is 3. The molecule has 3 N–H and O–H groups in total. The molecule has 0 aliphatic carbocycles. The summed E-state index contributed by atoms with van der Waals surface area (Å²) >= 11 is 0. The van der Waals surface area contributed by atoms with Gasteiger partial charge in [-0.1, -0.05) is 24.3 Å². The summed E-state index contributed by atoms with van der Waals surface area (Å²) in [5.41, 5.74) is 8.50. The molecular weight excluding hydrogens is 312 g/mol. The fourth-order valence-corrected chi connectivity index (χ4v) is 2.56. The number of nitrogens with one attached hydrogen (secondary N) is 1. The Morgan fingerprint density at radius 3 is 2.16 bits per heavy atom. The summed E-state index contributed by atoms with van der Waals surface area (Å²) in [6.07, 6.45) is 1.98. The van der Waals surface area contributed by atoms with E-state index in [-0.39, 0.29) is 18.1 Å². The molecule has 0 bridgehead atoms. The molecular formula is C21H28N2O2. The highest BCUT2D eigenvalue weighted by atomic mass is 16.5. The van der Waals surface area contributed by atoms with Crippen molar-refractivity contribution >= 4 is 5.91 Å². The first kappa shape index (κ1) is 19.0. The summed E-state index contributed by atoms with van der Waals surface area (Å²) in [4.78, 5) is 12.3. The van der Waals surface area contributed by atoms with Crippen molar-refractivity contribution in [3.05, 3.63) is 65.2 Å². The first-order chi connectivity index (χ1) is 12.0. The average molecular weight is 340 g/mol. The van der Waals surface area contributed by atoms with Crippen LogP contribution in [0, 0.1) is 0 Å². The van der Waals surface area contributed by atoms with Gasteiger partial charge in [-0.2, -0.15) is 0 Å². The Morgan fingerprint density at radius 1 is 1.00 bits per heavy atom. The number of ether oxygens (including phenoxy) is 1. The molecule has 0 heterocycles. The third-order valence-electron chi connectivity index (χ3n) is 3.99. The fraction of sp³-hybridized carbons (Fsp3) is 0.381. The molecule has 25 heavy (non-hydrogen) atoms. The van der Waals surface area contributed by atoms with Gasteiger partial charge in [-0.05, 0) is 69.0 Å². The van der Waals surface area contributed by atoms with Crippen LogP contribution in [0.15, 0.2) is 48.5 Å². The zero-order valence-electron chi connectivity index (χ0n) is 15.3. The van der Waals surface area contributed by atoms with Gasteiger partial charge in [-0.25, -0.2) is 0 Å². The van der Waals surface area contributed by atoms with E-state index in [4.69, 9.17) is 10.5 Å². The SMILES string of the molecule is CC(CCc1ccc(OC(C)C)cc1)NC(=O)c1ccc(CN)cc1. The van der Waals surface area contributed by atoms with E-state index < -0.39 is 0 Å². The molecule has 4 heteroatoms. The molecule has 1 unspecified atom stereocenters. The van der Waals surface area contributed by atoms with E-state index in [1.165, 1.54) is 5.56 Å². The second kappa shape index (κ2) is 9.23. The van der Waals surface area contributed by atoms with Crippen molar-refractivity contribution in [3.63, 3.8) is 0 Å². The molecule has 2 rings (SSSR count). The van der Waals surface area contributed by atoms with Gasteiger partial charge in [0, 0.05) is 18.2 Å². The Bertz CT molecular complexity index is 663. The van der Waals surface area contributed by atoms with Crippen LogP contribution in [-0.2, 0) is 13.0 Å². The van der Waals surface area contributed by atoms with Crippen LogP contribution >= 0.6 is 0 Å². The average Bonchev–Trinajstić information content (AvgIpc) is 2.60. The van der Waals surface area contributed by atoms with Gasteiger partial charge >= 0.3 is 0 Å². The molecule has 0 radical (unpaired) electrons. The van der Waals surface area contributed by atoms with Gasteiger partial charge in [-0.3, -0.25) is 4.79 Å². The van der Waals surface area contributed by atoms with Crippen molar-refractivity contribution in [1.29, 1.82) is 0 Å². The molecule has 0 aromatic heterocycles. The number of rotatable bonds is 8. The van der Waals surface area contributed by atoms with Gasteiger partial charge in [0.2, 0.25) is 0 Å². The maximum absolute atomic E-state index is 12.3. The van der Waals surface area contributed by atoms with E-state index in [0.717, 1.165) is 24.2 Å². The molecule has 2 aromatic rings. The zero-order chi connectivity index (χ0) is 18.2. The first-order valence-corrected chi connectivity index (χ1v) is 8.83. The highest BCUT2D eigenvalue weighted by molar-refractivity contribution is 5.94. The lowest BCUT2D eigenvalue weighted by molar-refractivity contribution is 0.0938. The zero-order valence-corrected chi connectivity index (χ0v) is 15.3. The Morgan fingerprint density at radius 2 is 1.60 bits per heavy atom. The third kappa shape index (κ3) is 6.24. The van der Waals surface area contributed by atoms with Crippen LogP contribution in [0.3, 0.4) is 0 Å². The van der Waals surface area contributed by atoms with Gasteiger partial charge < -0.3 is 15.8 Å². The van der Waals surface area contributed by atoms with Gasteiger partial charge in [0.25, 0.3) is 5.91 Å². The van der Waals surface area contributed by atoms with Crippen molar-refractivity contribution in [2.75, 3.05) is 0 Å². The van der Waals surface area contributed by atoms with E-state index in [1.807, 2.05) is 57.2 Å². The standard InChI is InChI=1S/C21H28N2O2/c1-15(2)25-20-12-8-17(9-13-20)5-4-16(3)23-21(24)19-10-6-18(14-22)7-11-19/h6-13,15-16H,4-5,14,22H2,1-3H3,(H,23,24). The second-order valence-corrected chi connectivity index (χ2v) is 6.62. The lowest BCUT2D eigenvalue weighted by Crippen LogP contribution is -2.32. The smallest absolute Gasteiger partial charge is 0.251 e. The Labute approximate surface area is 150 Å². The minimum atomic E-state index is -0.0447. The van der Waals surface area contributed by atoms with Crippen molar-refractivity contribution in [2.24, 2.45) is 5.73 Å². The molecule has 0 saturated carbocycles. The summed E-state index contributed by atoms with van der Waals surface area (Å²) in [7, 11) is 0. The van der Waals surface area contributed by atoms with Crippen molar-refractivity contribution in [3.8, 4) is 5.75 Å². The highest BCUT2D eigenvalue weighted by Crippen LogP contribution is 2.15. The number of carbonyl (C=O) groups is 1. The molecule has 0 spiro atoms. The van der Waals surface area contributed by atoms with Crippen molar-refractivity contribution in [2.45, 2.75) is 52.3 Å². The first-order valence-electron chi connectivity index (χ1n) is 8.83. The topological polar surface area (TPSA) is 64.3 Å². The van der Waals surface area contributed by atoms with Crippen LogP contribution in [0.25, 0.3) is 0 Å². The monoisotopic (exact) mass is 340 g/mol. The predicted octanol–water partition coefficient (Wildman–Crippen LogP) is 3.68. The summed E-state index contributed by atoms with van der Waals surface area (Å²) in [5, 5.41) is 3.05. The second-order valence-electron chi connectivity index (χ2n) is 6.62. The van der Waals surface area contributed by atoms with E-state index >= 15 is 0 Å². The molecule has 0 saturated heterocycles. The van der Waals surface area contributed by atoms with E-state index in [1.54, 1.807) is 0 Å². The minimum absolute atomic E-state index is 0.0447. The van der Waals surface area contributed by atoms with Crippen LogP contribution in [0.5, 0.6) is 5.75 Å². The van der Waals surface area contributed by atoms with Gasteiger partial charge in [0.1, 0.15) is 5.75 Å². The van der Waals surface area contributed by atoms with Gasteiger partial charge in [0.15, 0.2) is 0 Å². The number of aryl methyl sites for hydroxylation is 1. The number of amides is 1. The molecule has 0 aliphatic heterocycles. The van der Waals surface area contributed by atoms with Crippen LogP contribution in [0.2, 0.25) is 0 Å². The van der Waals surface area contributed by atoms with Crippen LogP contribution < -0.4 is 15.8 Å². The fourth-order valence-electron chi connectivity index (χ4n) is 2.56. The van der Waals surface area contributed by atoms with E-state index in [9.17, 15) is 4.79 Å². The normalized spacial score (nSPS) is 12.0. The molecule has 1 atom stereocenters. The highest BCUT2D eigenvalue weighted by Gasteiger charge is 2.10. The van der Waals surface area contributed by atoms with Crippen LogP contribution in [0.4, 0.5) is 0 Å². The largest absolute Gasteiger partial charge is 0.491 e. The maximum Gasteiger partial charge on any atom is 0.251 e. The minimum Gasteiger partial charge on any atom is -0.491 e. The Balaban J connectivity index is 1.81. The van der Waals surface area contributed by atoms with Crippen LogP contribution in [0.1, 0.15) is 48.7 Å². The molecule has 4 nitrogen and oxygen atoms in total. The summed E-state index contributed by atoms with van der Waals surface area (Å²) in [6, 6.07) is 15.7. The van der Waals surface area contributed by atoms with Crippen molar-refractivity contribution in [1.82, 2.24) is 5.32 Å². The van der Waals surface area contributed by atoms with Crippen molar-refractivity contribution < 1.29 is 9.53 Å². The quantitative estimate of drug-likeness (QED) is 0.770. The summed E-state index contributed by atoms with van der Waals surface area (Å²) in [6.45, 7) is 6.55. The lowest BCUT2D eigenvalue weighted by Gasteiger charge is -2.15. The van der Waals surface area contributed by atoms with Gasteiger partial charge in [0.05, 0.1) is 6.10 Å². The number of carbonyl (C=O) groups excluding carboxylic acids is 1. The predicted molar refractivity (Wildman–Crippen MR) is 102 cm³/mol. The number of nitrogens with two attached hydrogens (primary N) is 1. The molecule has 0 fully saturated rings. The lowest BCUT2D eigenvalue weighted by atomic mass is 10.1. The number of benzene rings is 2. The molecule has 1 amide bonds. The maximum atomic E-state index is 12.3. The summed E-state index contributed by atoms with van der Waals surface area (Å²) < 4.78 is 5.65. The van der Waals surface area contributed by atoms with Crippen LogP contribution in [-0.4, -0.2) is 18.1 Å². The third-order valence-corrected chi connectivity index (χ3v) is 3.99. The van der Waals surface area contributed by atoms with Gasteiger partial charge in [-0.15, -0.1) is 0 Å².